The van der Waals surface area contributed by atoms with Gasteiger partial charge in [0.25, 0.3) is 0 Å². The molecule has 0 saturated heterocycles. The van der Waals surface area contributed by atoms with Gasteiger partial charge in [0.05, 0.1) is 29.5 Å². The van der Waals surface area contributed by atoms with Crippen LogP contribution in [0.15, 0.2) is 268 Å². The zero-order chi connectivity index (χ0) is 50.0. The Hall–Kier alpha value is -9.45. The van der Waals surface area contributed by atoms with Gasteiger partial charge < -0.3 is 0 Å². The second-order valence-corrected chi connectivity index (χ2v) is 17.6. The molecule has 0 amide bonds. The van der Waals surface area contributed by atoms with Crippen molar-refractivity contribution in [2.75, 3.05) is 0 Å². The van der Waals surface area contributed by atoms with Crippen LogP contribution < -0.4 is 0 Å². The van der Waals surface area contributed by atoms with Crippen LogP contribution in [-0.2, 0) is 0 Å². The lowest BCUT2D eigenvalue weighted by atomic mass is 9.86. The number of rotatable bonds is 11. The van der Waals surface area contributed by atoms with Crippen molar-refractivity contribution in [3.8, 4) is 112 Å². The zero-order valence-electron chi connectivity index (χ0n) is 41.6. The summed E-state index contributed by atoms with van der Waals surface area (Å²) in [5.41, 5.74) is 19.1. The molecule has 0 bridgehead atoms. The third kappa shape index (κ3) is 8.69. The first-order chi connectivity index (χ1) is 36.3. The Morgan fingerprint density at radius 1 is 0.296 bits per heavy atom. The zero-order valence-corrected chi connectivity index (χ0v) is 38.6. The van der Waals surface area contributed by atoms with Crippen molar-refractivity contribution in [2.24, 2.45) is 0 Å². The largest absolute Gasteiger partial charge is 0.256 e. The summed E-state index contributed by atoms with van der Waals surface area (Å²) in [6, 6.07) is 80.6. The van der Waals surface area contributed by atoms with Crippen molar-refractivity contribution < 1.29 is 4.11 Å². The van der Waals surface area contributed by atoms with Crippen LogP contribution in [0.25, 0.3) is 112 Å². The Balaban J connectivity index is 0.983. The van der Waals surface area contributed by atoms with E-state index in [1.807, 2.05) is 131 Å². The summed E-state index contributed by atoms with van der Waals surface area (Å²) >= 11 is 0. The molecule has 12 aromatic rings. The minimum atomic E-state index is -2.45. The molecule has 0 aliphatic heterocycles. The minimum Gasteiger partial charge on any atom is -0.256 e. The van der Waals surface area contributed by atoms with Crippen molar-refractivity contribution >= 4 is 0 Å². The fraction of sp³-hybridized carbons (Fsp3) is 0.0152. The Morgan fingerprint density at radius 3 is 1.18 bits per heavy atom. The average Bonchev–Trinajstić information content (AvgIpc) is 4.18. The van der Waals surface area contributed by atoms with E-state index in [2.05, 4.69) is 134 Å². The molecule has 0 N–H and O–H groups in total. The van der Waals surface area contributed by atoms with E-state index < -0.39 is 6.85 Å². The molecular formula is C66H47N5. The summed E-state index contributed by atoms with van der Waals surface area (Å²) in [6.07, 6.45) is 9.71. The maximum atomic E-state index is 8.97. The van der Waals surface area contributed by atoms with Gasteiger partial charge in [0.15, 0.2) is 0 Å². The van der Waals surface area contributed by atoms with Crippen LogP contribution in [-0.4, -0.2) is 24.5 Å². The number of para-hydroxylation sites is 2. The van der Waals surface area contributed by atoms with E-state index in [4.69, 9.17) is 19.3 Å². The molecule has 0 atom stereocenters. The molecule has 71 heavy (non-hydrogen) atoms. The van der Waals surface area contributed by atoms with Gasteiger partial charge in [0.2, 0.25) is 0 Å². The van der Waals surface area contributed by atoms with Gasteiger partial charge in [-0.05, 0) is 139 Å². The van der Waals surface area contributed by atoms with Crippen LogP contribution in [0.4, 0.5) is 0 Å². The highest BCUT2D eigenvalue weighted by molar-refractivity contribution is 5.94. The number of benzene rings is 9. The van der Waals surface area contributed by atoms with Crippen molar-refractivity contribution in [3.05, 3.63) is 273 Å². The second-order valence-electron chi connectivity index (χ2n) is 17.6. The maximum Gasteiger partial charge on any atom is 0.0705 e. The van der Waals surface area contributed by atoms with Crippen LogP contribution in [0.3, 0.4) is 0 Å². The van der Waals surface area contributed by atoms with Crippen LogP contribution in [0.2, 0.25) is 0 Å². The summed E-state index contributed by atoms with van der Waals surface area (Å²) in [4.78, 5) is 5.03. The Kier molecular flexibility index (Phi) is 10.5. The monoisotopic (exact) mass is 912 g/mol. The summed E-state index contributed by atoms with van der Waals surface area (Å²) in [6.45, 7) is -2.45. The molecule has 336 valence electrons. The molecule has 3 aromatic heterocycles. The number of hydrogen-bond donors (Lipinski definition) is 0. The first-order valence-electron chi connectivity index (χ1n) is 25.2. The highest BCUT2D eigenvalue weighted by Crippen LogP contribution is 2.43. The second kappa shape index (κ2) is 18.9. The highest BCUT2D eigenvalue weighted by atomic mass is 15.3. The summed E-state index contributed by atoms with van der Waals surface area (Å²) in [5.74, 6) is 0. The SMILES string of the molecule is [2H]C([2H])([2H])c1cc(-c2cccc(-c3ccc(-c4ccccc4)cc3)c2)ncc1-c1ccccc1-c1cc(-c2ccccc2-c2cnn(-c3ccccc3)c2)cc(-c2ccccc2-c2cnn(-c3ccccc3)c2)c1. The summed E-state index contributed by atoms with van der Waals surface area (Å²) in [5, 5.41) is 9.57. The third-order valence-corrected chi connectivity index (χ3v) is 13.2. The molecule has 5 heteroatoms. The van der Waals surface area contributed by atoms with Crippen molar-refractivity contribution in [1.29, 1.82) is 0 Å². The number of nitrogens with zero attached hydrogens (tertiary/aromatic N) is 5. The Morgan fingerprint density at radius 2 is 0.676 bits per heavy atom. The molecule has 0 aliphatic carbocycles. The van der Waals surface area contributed by atoms with Crippen LogP contribution >= 0.6 is 0 Å². The molecule has 0 radical (unpaired) electrons. The maximum absolute atomic E-state index is 8.97. The third-order valence-electron chi connectivity index (χ3n) is 13.2. The van der Waals surface area contributed by atoms with Gasteiger partial charge in [-0.1, -0.05) is 182 Å². The number of aryl methyl sites for hydroxylation is 1. The first-order valence-corrected chi connectivity index (χ1v) is 23.7. The quantitative estimate of drug-likeness (QED) is 0.130. The molecule has 12 rings (SSSR count). The van der Waals surface area contributed by atoms with Gasteiger partial charge in [0.1, 0.15) is 0 Å². The fourth-order valence-corrected chi connectivity index (χ4v) is 9.58. The number of hydrogen-bond acceptors (Lipinski definition) is 3. The number of aromatic nitrogens is 5. The van der Waals surface area contributed by atoms with E-state index in [1.54, 1.807) is 12.3 Å². The predicted octanol–water partition coefficient (Wildman–Crippen LogP) is 16.8. The molecule has 0 aliphatic rings. The molecular weight excluding hydrogens is 863 g/mol. The Bertz CT molecular complexity index is 3800. The van der Waals surface area contributed by atoms with E-state index >= 15 is 0 Å². The van der Waals surface area contributed by atoms with E-state index in [0.717, 1.165) is 100 Å². The highest BCUT2D eigenvalue weighted by Gasteiger charge is 2.19. The smallest absolute Gasteiger partial charge is 0.0705 e. The summed E-state index contributed by atoms with van der Waals surface area (Å²) < 4.78 is 30.7. The molecule has 0 fully saturated rings. The van der Waals surface area contributed by atoms with Crippen molar-refractivity contribution in [1.82, 2.24) is 24.5 Å². The lowest BCUT2D eigenvalue weighted by molar-refractivity contribution is 0.881. The standard InChI is InChI=1S/C66H47N5/c1-46-36-66(51-21-17-20-50(37-51)49-34-32-48(33-35-49)47-18-5-2-6-19-47)67-43-65(46)64-31-16-15-28-61(64)54-39-52(59-26-11-13-29-62(59)55-41-68-70(44-55)57-22-7-3-8-23-57)38-53(40-54)60-27-12-14-30-63(60)56-42-69-71(45-56)58-24-9-4-10-25-58/h2-45H,1H3/i1D3. The van der Waals surface area contributed by atoms with Gasteiger partial charge >= 0.3 is 0 Å². The normalized spacial score (nSPS) is 12.0. The van der Waals surface area contributed by atoms with Gasteiger partial charge in [-0.3, -0.25) is 4.98 Å². The predicted molar refractivity (Wildman–Crippen MR) is 292 cm³/mol. The van der Waals surface area contributed by atoms with E-state index in [1.165, 1.54) is 0 Å². The molecule has 3 heterocycles. The van der Waals surface area contributed by atoms with Crippen LogP contribution in [0.5, 0.6) is 0 Å². The topological polar surface area (TPSA) is 48.5 Å². The van der Waals surface area contributed by atoms with E-state index in [0.29, 0.717) is 11.3 Å². The minimum absolute atomic E-state index is 0.227. The fourth-order valence-electron chi connectivity index (χ4n) is 9.58. The van der Waals surface area contributed by atoms with Gasteiger partial charge in [-0.25, -0.2) is 9.36 Å². The van der Waals surface area contributed by atoms with Crippen LogP contribution in [0, 0.1) is 6.85 Å². The van der Waals surface area contributed by atoms with Crippen molar-refractivity contribution in [2.45, 2.75) is 6.85 Å². The molecule has 0 unspecified atom stereocenters. The van der Waals surface area contributed by atoms with Crippen molar-refractivity contribution in [3.63, 3.8) is 0 Å². The van der Waals surface area contributed by atoms with Gasteiger partial charge in [-0.15, -0.1) is 0 Å². The molecule has 9 aromatic carbocycles. The average molecular weight is 913 g/mol. The van der Waals surface area contributed by atoms with E-state index in [9.17, 15) is 0 Å². The summed E-state index contributed by atoms with van der Waals surface area (Å²) in [7, 11) is 0. The molecule has 0 saturated carbocycles. The van der Waals surface area contributed by atoms with Crippen LogP contribution in [0.1, 0.15) is 9.68 Å². The van der Waals surface area contributed by atoms with Gasteiger partial charge in [0, 0.05) is 45.0 Å². The Labute approximate surface area is 418 Å². The van der Waals surface area contributed by atoms with E-state index in [-0.39, 0.29) is 5.56 Å². The molecule has 5 nitrogen and oxygen atoms in total. The molecule has 0 spiro atoms. The number of pyridine rings is 1. The lowest BCUT2D eigenvalue weighted by Crippen LogP contribution is -1.94. The van der Waals surface area contributed by atoms with Gasteiger partial charge in [-0.2, -0.15) is 10.2 Å². The lowest BCUT2D eigenvalue weighted by Gasteiger charge is -2.18. The first kappa shape index (κ1) is 39.5.